The molecule has 3 heterocycles. The molecule has 1 atom stereocenters. The van der Waals surface area contributed by atoms with Gasteiger partial charge in [-0.3, -0.25) is 4.79 Å². The van der Waals surface area contributed by atoms with Crippen LogP contribution in [0.5, 0.6) is 5.75 Å². The molecular weight excluding hydrogens is 408 g/mol. The quantitative estimate of drug-likeness (QED) is 0.680. The van der Waals surface area contributed by atoms with E-state index in [1.54, 1.807) is 19.2 Å². The van der Waals surface area contributed by atoms with Crippen LogP contribution in [0.15, 0.2) is 24.4 Å². The van der Waals surface area contributed by atoms with Crippen molar-refractivity contribution in [2.45, 2.75) is 44.2 Å². The summed E-state index contributed by atoms with van der Waals surface area (Å²) >= 11 is 0. The number of methoxy groups -OCH3 is 1. The van der Waals surface area contributed by atoms with Crippen LogP contribution in [0.1, 0.15) is 54.8 Å². The number of nitrogens with one attached hydrogen (secondary N) is 2. The van der Waals surface area contributed by atoms with E-state index < -0.39 is 0 Å². The van der Waals surface area contributed by atoms with Crippen LogP contribution in [0.3, 0.4) is 0 Å². The van der Waals surface area contributed by atoms with E-state index in [-0.39, 0.29) is 17.5 Å². The highest BCUT2D eigenvalue weighted by Gasteiger charge is 2.50. The maximum Gasteiger partial charge on any atom is 0.270 e. The zero-order chi connectivity index (χ0) is 22.1. The standard InChI is InChI=1S/C23H30N6O3/c1-15(25-21(30)18-4-3-17(31-2)14-24-18)19-11-20(28-23-6-5-16(12-23)13-23)27-22(26-19)29-7-9-32-10-8-29/h3-4,11,14-16H,5-10,12-13H2,1-2H3,(H,25,30)(H,26,27,28)/t15-,16?,23?/m0/s1. The number of carbonyl (C=O) groups excluding carboxylic acids is 1. The number of aromatic nitrogens is 3. The Labute approximate surface area is 187 Å². The van der Waals surface area contributed by atoms with E-state index in [1.165, 1.54) is 31.9 Å². The number of pyridine rings is 1. The molecule has 0 unspecified atom stereocenters. The van der Waals surface area contributed by atoms with Gasteiger partial charge in [0, 0.05) is 24.7 Å². The van der Waals surface area contributed by atoms with Crippen LogP contribution in [-0.4, -0.2) is 59.8 Å². The van der Waals surface area contributed by atoms with E-state index in [0.717, 1.165) is 30.5 Å². The Hall–Kier alpha value is -2.94. The molecule has 32 heavy (non-hydrogen) atoms. The molecule has 1 saturated heterocycles. The van der Waals surface area contributed by atoms with Crippen molar-refractivity contribution in [1.29, 1.82) is 0 Å². The molecule has 0 aromatic carbocycles. The Morgan fingerprint density at radius 1 is 1.28 bits per heavy atom. The Balaban J connectivity index is 1.36. The first-order valence-corrected chi connectivity index (χ1v) is 11.3. The fourth-order valence-corrected chi connectivity index (χ4v) is 4.99. The summed E-state index contributed by atoms with van der Waals surface area (Å²) in [5.41, 5.74) is 1.29. The number of amides is 1. The molecule has 6 rings (SSSR count). The molecule has 0 spiro atoms. The van der Waals surface area contributed by atoms with Crippen LogP contribution in [0.4, 0.5) is 11.8 Å². The van der Waals surface area contributed by atoms with E-state index >= 15 is 0 Å². The summed E-state index contributed by atoms with van der Waals surface area (Å²) in [6.07, 6.45) is 6.46. The lowest BCUT2D eigenvalue weighted by molar-refractivity contribution is 0.0934. The first kappa shape index (κ1) is 20.9. The third-order valence-electron chi connectivity index (χ3n) is 6.81. The van der Waals surface area contributed by atoms with Crippen molar-refractivity contribution >= 4 is 17.7 Å². The van der Waals surface area contributed by atoms with E-state index in [1.807, 2.05) is 13.0 Å². The van der Waals surface area contributed by atoms with Crippen LogP contribution in [0.2, 0.25) is 0 Å². The normalized spacial score (nSPS) is 25.1. The topological polar surface area (TPSA) is 102 Å². The average Bonchev–Trinajstić information content (AvgIpc) is 3.40. The molecule has 1 amide bonds. The highest BCUT2D eigenvalue weighted by molar-refractivity contribution is 5.92. The minimum Gasteiger partial charge on any atom is -0.495 e. The van der Waals surface area contributed by atoms with E-state index in [9.17, 15) is 4.79 Å². The lowest BCUT2D eigenvalue weighted by Crippen LogP contribution is -2.43. The number of hydrogen-bond acceptors (Lipinski definition) is 8. The van der Waals surface area contributed by atoms with Crippen LogP contribution >= 0.6 is 0 Å². The molecule has 9 heteroatoms. The summed E-state index contributed by atoms with van der Waals surface area (Å²) in [6, 6.07) is 5.04. The van der Waals surface area contributed by atoms with Gasteiger partial charge in [-0.25, -0.2) is 9.97 Å². The number of anilines is 2. The summed E-state index contributed by atoms with van der Waals surface area (Å²) < 4.78 is 10.6. The van der Waals surface area contributed by atoms with E-state index in [4.69, 9.17) is 19.4 Å². The molecule has 1 aliphatic heterocycles. The fraction of sp³-hybridized carbons (Fsp3) is 0.565. The van der Waals surface area contributed by atoms with Crippen LogP contribution < -0.4 is 20.3 Å². The summed E-state index contributed by atoms with van der Waals surface area (Å²) in [5.74, 6) is 2.73. The predicted octanol–water partition coefficient (Wildman–Crippen LogP) is 2.56. The van der Waals surface area contributed by atoms with Gasteiger partial charge < -0.3 is 25.0 Å². The maximum atomic E-state index is 12.7. The van der Waals surface area contributed by atoms with Gasteiger partial charge in [-0.2, -0.15) is 4.98 Å². The van der Waals surface area contributed by atoms with Crippen molar-refractivity contribution in [2.75, 3.05) is 43.6 Å². The Morgan fingerprint density at radius 3 is 2.75 bits per heavy atom. The SMILES string of the molecule is COc1ccc(C(=O)N[C@@H](C)c2cc(NC34CCC(C3)C4)nc(N3CCOCC3)n2)nc1. The summed E-state index contributed by atoms with van der Waals surface area (Å²) in [5, 5.41) is 6.72. The van der Waals surface area contributed by atoms with Crippen LogP contribution in [0, 0.1) is 5.92 Å². The molecule has 2 bridgehead atoms. The first-order chi connectivity index (χ1) is 15.5. The van der Waals surface area contributed by atoms with Crippen molar-refractivity contribution in [3.05, 3.63) is 35.8 Å². The van der Waals surface area contributed by atoms with Crippen LogP contribution in [-0.2, 0) is 4.74 Å². The number of morpholine rings is 1. The minimum absolute atomic E-state index is 0.179. The Morgan fingerprint density at radius 2 is 2.09 bits per heavy atom. The van der Waals surface area contributed by atoms with Crippen molar-refractivity contribution in [3.8, 4) is 5.75 Å². The first-order valence-electron chi connectivity index (χ1n) is 11.3. The zero-order valence-corrected chi connectivity index (χ0v) is 18.6. The van der Waals surface area contributed by atoms with Gasteiger partial charge in [0.1, 0.15) is 17.3 Å². The third kappa shape index (κ3) is 4.21. The van der Waals surface area contributed by atoms with Crippen molar-refractivity contribution in [1.82, 2.24) is 20.3 Å². The van der Waals surface area contributed by atoms with Gasteiger partial charge >= 0.3 is 0 Å². The number of ether oxygens (including phenoxy) is 2. The second-order valence-corrected chi connectivity index (χ2v) is 9.07. The number of nitrogens with zero attached hydrogens (tertiary/aromatic N) is 4. The third-order valence-corrected chi connectivity index (χ3v) is 6.81. The molecule has 2 N–H and O–H groups in total. The summed E-state index contributed by atoms with van der Waals surface area (Å²) in [7, 11) is 1.57. The minimum atomic E-state index is -0.301. The molecular formula is C23H30N6O3. The van der Waals surface area contributed by atoms with Gasteiger partial charge in [-0.05, 0) is 50.7 Å². The smallest absolute Gasteiger partial charge is 0.270 e. The number of carbonyl (C=O) groups is 1. The molecule has 9 nitrogen and oxygen atoms in total. The molecule has 3 saturated carbocycles. The lowest BCUT2D eigenvalue weighted by Gasteiger charge is -2.40. The van der Waals surface area contributed by atoms with Gasteiger partial charge in [-0.1, -0.05) is 0 Å². The molecule has 0 radical (unpaired) electrons. The van der Waals surface area contributed by atoms with Crippen molar-refractivity contribution in [3.63, 3.8) is 0 Å². The van der Waals surface area contributed by atoms with Gasteiger partial charge in [0.05, 0.1) is 38.3 Å². The van der Waals surface area contributed by atoms with Gasteiger partial charge in [0.25, 0.3) is 5.91 Å². The molecule has 2 aromatic heterocycles. The summed E-state index contributed by atoms with van der Waals surface area (Å²) in [4.78, 5) is 28.7. The molecule has 4 fully saturated rings. The molecule has 3 aliphatic carbocycles. The van der Waals surface area contributed by atoms with Crippen LogP contribution in [0.25, 0.3) is 0 Å². The van der Waals surface area contributed by atoms with Crippen molar-refractivity contribution in [2.24, 2.45) is 5.92 Å². The largest absolute Gasteiger partial charge is 0.495 e. The number of hydrogen-bond donors (Lipinski definition) is 2. The second-order valence-electron chi connectivity index (χ2n) is 9.07. The monoisotopic (exact) mass is 438 g/mol. The van der Waals surface area contributed by atoms with Gasteiger partial charge in [0.2, 0.25) is 5.95 Å². The molecule has 170 valence electrons. The zero-order valence-electron chi connectivity index (χ0n) is 18.6. The average molecular weight is 439 g/mol. The maximum absolute atomic E-state index is 12.7. The molecule has 2 aromatic rings. The fourth-order valence-electron chi connectivity index (χ4n) is 4.99. The second kappa shape index (κ2) is 8.54. The van der Waals surface area contributed by atoms with E-state index in [0.29, 0.717) is 30.6 Å². The Bertz CT molecular complexity index is 965. The number of rotatable bonds is 7. The predicted molar refractivity (Wildman–Crippen MR) is 120 cm³/mol. The van der Waals surface area contributed by atoms with Crippen molar-refractivity contribution < 1.29 is 14.3 Å². The number of fused-ring (bicyclic) bond motifs is 1. The molecule has 4 aliphatic rings. The summed E-state index contributed by atoms with van der Waals surface area (Å²) in [6.45, 7) is 4.78. The van der Waals surface area contributed by atoms with Gasteiger partial charge in [-0.15, -0.1) is 0 Å². The Kier molecular flexibility index (Phi) is 5.58. The van der Waals surface area contributed by atoms with E-state index in [2.05, 4.69) is 20.5 Å². The van der Waals surface area contributed by atoms with Gasteiger partial charge in [0.15, 0.2) is 0 Å². The highest BCUT2D eigenvalue weighted by atomic mass is 16.5. The lowest BCUT2D eigenvalue weighted by atomic mass is 9.77. The highest BCUT2D eigenvalue weighted by Crippen LogP contribution is 2.53.